The second-order valence-corrected chi connectivity index (χ2v) is 6.10. The van der Waals surface area contributed by atoms with Gasteiger partial charge in [0.05, 0.1) is 17.9 Å². The fourth-order valence-electron chi connectivity index (χ4n) is 2.44. The van der Waals surface area contributed by atoms with Crippen LogP contribution in [-0.2, 0) is 20.1 Å². The third kappa shape index (κ3) is 2.86. The Morgan fingerprint density at radius 2 is 2.20 bits per heavy atom. The molecule has 0 aliphatic heterocycles. The first-order valence-electron chi connectivity index (χ1n) is 7.42. The molecule has 0 unspecified atom stereocenters. The van der Waals surface area contributed by atoms with Crippen molar-refractivity contribution in [3.05, 3.63) is 29.7 Å². The summed E-state index contributed by atoms with van der Waals surface area (Å²) in [6.45, 7) is 6.17. The Hall–Kier alpha value is -1.78. The summed E-state index contributed by atoms with van der Waals surface area (Å²) in [5, 5.41) is 12.4. The number of rotatable bonds is 6. The van der Waals surface area contributed by atoms with Crippen LogP contribution in [0.3, 0.4) is 0 Å². The largest absolute Gasteiger partial charge is 0.365 e. The molecular formula is C15H23N5. The summed E-state index contributed by atoms with van der Waals surface area (Å²) >= 11 is 0. The van der Waals surface area contributed by atoms with E-state index < -0.39 is 0 Å². The van der Waals surface area contributed by atoms with Crippen molar-refractivity contribution in [2.24, 2.45) is 13.0 Å². The molecular weight excluding hydrogens is 250 g/mol. The van der Waals surface area contributed by atoms with Gasteiger partial charge in [0.1, 0.15) is 5.82 Å². The highest BCUT2D eigenvalue weighted by Gasteiger charge is 2.26. The van der Waals surface area contributed by atoms with Gasteiger partial charge in [-0.3, -0.25) is 9.36 Å². The zero-order valence-electron chi connectivity index (χ0n) is 12.5. The first-order chi connectivity index (χ1) is 9.63. The van der Waals surface area contributed by atoms with E-state index in [2.05, 4.69) is 46.2 Å². The maximum atomic E-state index is 4.58. The summed E-state index contributed by atoms with van der Waals surface area (Å²) in [5.41, 5.74) is 2.44. The van der Waals surface area contributed by atoms with E-state index in [1.54, 1.807) is 0 Å². The first kappa shape index (κ1) is 13.2. The molecule has 1 saturated carbocycles. The van der Waals surface area contributed by atoms with Gasteiger partial charge in [-0.2, -0.15) is 10.2 Å². The van der Waals surface area contributed by atoms with Crippen molar-refractivity contribution in [3.63, 3.8) is 0 Å². The molecule has 0 saturated heterocycles. The molecule has 20 heavy (non-hydrogen) atoms. The summed E-state index contributed by atoms with van der Waals surface area (Å²) in [6, 6.07) is 4.26. The van der Waals surface area contributed by atoms with Crippen molar-refractivity contribution in [3.8, 4) is 0 Å². The molecule has 0 spiro atoms. The summed E-state index contributed by atoms with van der Waals surface area (Å²) in [5.74, 6) is 2.39. The summed E-state index contributed by atoms with van der Waals surface area (Å²) in [4.78, 5) is 0. The van der Waals surface area contributed by atoms with Crippen LogP contribution in [0.2, 0.25) is 0 Å². The van der Waals surface area contributed by atoms with Crippen LogP contribution < -0.4 is 5.32 Å². The maximum absolute atomic E-state index is 4.58. The van der Waals surface area contributed by atoms with Gasteiger partial charge < -0.3 is 5.32 Å². The lowest BCUT2D eigenvalue weighted by Gasteiger charge is -2.11. The van der Waals surface area contributed by atoms with Crippen LogP contribution in [0.1, 0.15) is 44.0 Å². The van der Waals surface area contributed by atoms with Gasteiger partial charge in [-0.25, -0.2) is 0 Å². The van der Waals surface area contributed by atoms with Crippen LogP contribution >= 0.6 is 0 Å². The zero-order valence-corrected chi connectivity index (χ0v) is 12.5. The fourth-order valence-corrected chi connectivity index (χ4v) is 2.44. The summed E-state index contributed by atoms with van der Waals surface area (Å²) in [7, 11) is 2.00. The number of aromatic nitrogens is 4. The Labute approximate surface area is 120 Å². The van der Waals surface area contributed by atoms with E-state index in [4.69, 9.17) is 0 Å². The molecule has 1 fully saturated rings. The van der Waals surface area contributed by atoms with Gasteiger partial charge in [-0.1, -0.05) is 13.8 Å². The normalized spacial score (nSPS) is 15.0. The predicted molar refractivity (Wildman–Crippen MR) is 79.6 cm³/mol. The third-order valence-electron chi connectivity index (χ3n) is 3.69. The average Bonchev–Trinajstić information content (AvgIpc) is 3.05. The van der Waals surface area contributed by atoms with E-state index in [0.717, 1.165) is 18.9 Å². The highest BCUT2D eigenvalue weighted by Crippen LogP contribution is 2.39. The minimum atomic E-state index is 0.604. The number of anilines is 1. The molecule has 0 atom stereocenters. The molecule has 2 aromatic heterocycles. The van der Waals surface area contributed by atoms with Crippen LogP contribution in [0.25, 0.3) is 0 Å². The highest BCUT2D eigenvalue weighted by atomic mass is 15.3. The Kier molecular flexibility index (Phi) is 3.51. The minimum Gasteiger partial charge on any atom is -0.365 e. The van der Waals surface area contributed by atoms with Crippen molar-refractivity contribution < 1.29 is 0 Å². The van der Waals surface area contributed by atoms with Crippen LogP contribution in [0.15, 0.2) is 18.3 Å². The topological polar surface area (TPSA) is 47.7 Å². The van der Waals surface area contributed by atoms with E-state index in [1.807, 2.05) is 17.9 Å². The van der Waals surface area contributed by atoms with E-state index in [-0.39, 0.29) is 0 Å². The predicted octanol–water partition coefficient (Wildman–Crippen LogP) is 2.76. The molecule has 0 radical (unpaired) electrons. The smallest absolute Gasteiger partial charge is 0.124 e. The Balaban J connectivity index is 1.65. The van der Waals surface area contributed by atoms with Crippen molar-refractivity contribution in [2.45, 2.75) is 45.7 Å². The van der Waals surface area contributed by atoms with Crippen LogP contribution in [-0.4, -0.2) is 19.6 Å². The standard InChI is InChI=1S/C15H23N5/c1-11(2)10-20-13(6-7-17-20)9-16-15-8-14(12-4-5-12)18-19(15)3/h6-8,11-12,16H,4-5,9-10H2,1-3H3. The summed E-state index contributed by atoms with van der Waals surface area (Å²) < 4.78 is 4.02. The SMILES string of the molecule is CC(C)Cn1nccc1CNc1cc(C2CC2)nn1C. The second-order valence-electron chi connectivity index (χ2n) is 6.10. The van der Waals surface area contributed by atoms with Crippen molar-refractivity contribution >= 4 is 5.82 Å². The van der Waals surface area contributed by atoms with E-state index >= 15 is 0 Å². The lowest BCUT2D eigenvalue weighted by Crippen LogP contribution is -2.13. The molecule has 0 aromatic carbocycles. The van der Waals surface area contributed by atoms with Crippen LogP contribution in [0.5, 0.6) is 0 Å². The molecule has 108 valence electrons. The Morgan fingerprint density at radius 3 is 2.90 bits per heavy atom. The molecule has 0 bridgehead atoms. The lowest BCUT2D eigenvalue weighted by atomic mass is 10.2. The lowest BCUT2D eigenvalue weighted by molar-refractivity contribution is 0.470. The van der Waals surface area contributed by atoms with E-state index in [1.165, 1.54) is 24.2 Å². The van der Waals surface area contributed by atoms with Gasteiger partial charge in [0, 0.05) is 31.8 Å². The fraction of sp³-hybridized carbons (Fsp3) is 0.600. The first-order valence-corrected chi connectivity index (χ1v) is 7.42. The third-order valence-corrected chi connectivity index (χ3v) is 3.69. The number of nitrogens with zero attached hydrogens (tertiary/aromatic N) is 4. The van der Waals surface area contributed by atoms with Crippen LogP contribution in [0.4, 0.5) is 5.82 Å². The van der Waals surface area contributed by atoms with Crippen molar-refractivity contribution in [1.29, 1.82) is 0 Å². The molecule has 2 aromatic rings. The zero-order chi connectivity index (χ0) is 14.1. The number of nitrogens with one attached hydrogen (secondary N) is 1. The Bertz CT molecular complexity index is 577. The Morgan fingerprint density at radius 1 is 1.40 bits per heavy atom. The van der Waals surface area contributed by atoms with Gasteiger partial charge in [0.15, 0.2) is 0 Å². The molecule has 5 nitrogen and oxygen atoms in total. The molecule has 5 heteroatoms. The van der Waals surface area contributed by atoms with Crippen LogP contribution in [0, 0.1) is 5.92 Å². The van der Waals surface area contributed by atoms with Gasteiger partial charge >= 0.3 is 0 Å². The molecule has 3 rings (SSSR count). The average molecular weight is 273 g/mol. The number of hydrogen-bond donors (Lipinski definition) is 1. The minimum absolute atomic E-state index is 0.604. The number of aryl methyl sites for hydroxylation is 1. The van der Waals surface area contributed by atoms with Gasteiger partial charge in [-0.05, 0) is 24.8 Å². The molecule has 1 N–H and O–H groups in total. The van der Waals surface area contributed by atoms with E-state index in [0.29, 0.717) is 11.8 Å². The monoisotopic (exact) mass is 273 g/mol. The van der Waals surface area contributed by atoms with E-state index in [9.17, 15) is 0 Å². The quantitative estimate of drug-likeness (QED) is 0.880. The second kappa shape index (κ2) is 5.31. The maximum Gasteiger partial charge on any atom is 0.124 e. The van der Waals surface area contributed by atoms with Gasteiger partial charge in [-0.15, -0.1) is 0 Å². The summed E-state index contributed by atoms with van der Waals surface area (Å²) in [6.07, 6.45) is 4.45. The van der Waals surface area contributed by atoms with Gasteiger partial charge in [0.2, 0.25) is 0 Å². The molecule has 2 heterocycles. The molecule has 1 aliphatic rings. The number of hydrogen-bond acceptors (Lipinski definition) is 3. The van der Waals surface area contributed by atoms with Crippen molar-refractivity contribution in [1.82, 2.24) is 19.6 Å². The van der Waals surface area contributed by atoms with Crippen molar-refractivity contribution in [2.75, 3.05) is 5.32 Å². The molecule has 0 amide bonds. The highest BCUT2D eigenvalue weighted by molar-refractivity contribution is 5.39. The van der Waals surface area contributed by atoms with Gasteiger partial charge in [0.25, 0.3) is 0 Å². The molecule has 1 aliphatic carbocycles.